The highest BCUT2D eigenvalue weighted by molar-refractivity contribution is 5.80. The molecule has 18 heavy (non-hydrogen) atoms. The van der Waals surface area contributed by atoms with E-state index in [4.69, 9.17) is 0 Å². The second-order valence-electron chi connectivity index (χ2n) is 5.94. The topological polar surface area (TPSA) is 52.6 Å². The first-order chi connectivity index (χ1) is 8.60. The summed E-state index contributed by atoms with van der Waals surface area (Å²) in [5, 5.41) is 13.1. The smallest absolute Gasteiger partial charge is 0.325 e. The molecule has 2 atom stereocenters. The van der Waals surface area contributed by atoms with E-state index in [1.807, 2.05) is 0 Å². The summed E-state index contributed by atoms with van der Waals surface area (Å²) in [4.78, 5) is 14.2. The number of rotatable bonds is 7. The second kappa shape index (κ2) is 5.57. The molecule has 0 aromatic rings. The Bertz CT molecular complexity index is 304. The number of likely N-dealkylation sites (tertiary alicyclic amines) is 1. The van der Waals surface area contributed by atoms with E-state index in [2.05, 4.69) is 24.1 Å². The maximum absolute atomic E-state index is 11.8. The molecular weight excluding hydrogens is 228 g/mol. The predicted octanol–water partition coefficient (Wildman–Crippen LogP) is 1.70. The van der Waals surface area contributed by atoms with Gasteiger partial charge in [0.05, 0.1) is 0 Å². The van der Waals surface area contributed by atoms with Gasteiger partial charge in [0.2, 0.25) is 0 Å². The first-order valence-corrected chi connectivity index (χ1v) is 7.32. The van der Waals surface area contributed by atoms with Gasteiger partial charge in [-0.25, -0.2) is 0 Å². The first-order valence-electron chi connectivity index (χ1n) is 7.32. The van der Waals surface area contributed by atoms with Gasteiger partial charge in [0.15, 0.2) is 0 Å². The van der Waals surface area contributed by atoms with Crippen molar-refractivity contribution in [3.63, 3.8) is 0 Å². The third-order valence-corrected chi connectivity index (χ3v) is 4.49. The van der Waals surface area contributed by atoms with Crippen molar-refractivity contribution in [3.8, 4) is 0 Å². The lowest BCUT2D eigenvalue weighted by Crippen LogP contribution is -2.61. The number of nitrogens with one attached hydrogen (secondary N) is 1. The Hall–Kier alpha value is -0.610. The van der Waals surface area contributed by atoms with Crippen molar-refractivity contribution in [1.82, 2.24) is 10.2 Å². The molecule has 1 aliphatic carbocycles. The van der Waals surface area contributed by atoms with Crippen LogP contribution in [0.1, 0.15) is 46.0 Å². The highest BCUT2D eigenvalue weighted by Crippen LogP contribution is 2.41. The molecule has 2 rings (SSSR count). The van der Waals surface area contributed by atoms with Crippen molar-refractivity contribution >= 4 is 5.97 Å². The lowest BCUT2D eigenvalue weighted by atomic mass is 9.91. The summed E-state index contributed by atoms with van der Waals surface area (Å²) in [6.45, 7) is 6.83. The van der Waals surface area contributed by atoms with Crippen molar-refractivity contribution in [1.29, 1.82) is 0 Å². The van der Waals surface area contributed by atoms with Crippen LogP contribution in [0.4, 0.5) is 0 Å². The average Bonchev–Trinajstić information content (AvgIpc) is 3.10. The molecular formula is C14H26N2O2. The molecule has 2 N–H and O–H groups in total. The van der Waals surface area contributed by atoms with E-state index in [9.17, 15) is 9.90 Å². The minimum absolute atomic E-state index is 0.328. The molecule has 0 aromatic carbocycles. The normalized spacial score (nSPS) is 28.2. The van der Waals surface area contributed by atoms with E-state index in [-0.39, 0.29) is 0 Å². The molecule has 0 spiro atoms. The Morgan fingerprint density at radius 1 is 1.44 bits per heavy atom. The van der Waals surface area contributed by atoms with E-state index in [0.717, 1.165) is 32.4 Å². The van der Waals surface area contributed by atoms with Gasteiger partial charge in [0.1, 0.15) is 5.54 Å². The minimum atomic E-state index is -0.700. The van der Waals surface area contributed by atoms with Crippen LogP contribution < -0.4 is 5.32 Å². The van der Waals surface area contributed by atoms with Crippen molar-refractivity contribution < 1.29 is 9.90 Å². The molecule has 2 aliphatic rings. The summed E-state index contributed by atoms with van der Waals surface area (Å²) in [6.07, 6.45) is 5.51. The number of carboxylic acids is 1. The molecule has 104 valence electrons. The summed E-state index contributed by atoms with van der Waals surface area (Å²) < 4.78 is 0. The zero-order chi connectivity index (χ0) is 13.2. The maximum Gasteiger partial charge on any atom is 0.325 e. The predicted molar refractivity (Wildman–Crippen MR) is 71.7 cm³/mol. The lowest BCUT2D eigenvalue weighted by Gasteiger charge is -2.36. The Labute approximate surface area is 110 Å². The van der Waals surface area contributed by atoms with E-state index in [0.29, 0.717) is 18.5 Å². The third kappa shape index (κ3) is 2.69. The van der Waals surface area contributed by atoms with Crippen LogP contribution in [0.15, 0.2) is 0 Å². The van der Waals surface area contributed by atoms with Crippen LogP contribution in [-0.4, -0.2) is 47.2 Å². The fourth-order valence-corrected chi connectivity index (χ4v) is 3.12. The summed E-state index contributed by atoms with van der Waals surface area (Å²) in [7, 11) is 0. The molecule has 0 aromatic heterocycles. The van der Waals surface area contributed by atoms with Crippen LogP contribution in [0.2, 0.25) is 0 Å². The number of carbonyl (C=O) groups is 1. The van der Waals surface area contributed by atoms with Crippen molar-refractivity contribution in [2.75, 3.05) is 19.6 Å². The molecule has 0 radical (unpaired) electrons. The van der Waals surface area contributed by atoms with Crippen LogP contribution in [0.5, 0.6) is 0 Å². The fourth-order valence-electron chi connectivity index (χ4n) is 3.12. The molecule has 1 heterocycles. The van der Waals surface area contributed by atoms with Crippen LogP contribution in [-0.2, 0) is 4.79 Å². The highest BCUT2D eigenvalue weighted by atomic mass is 16.4. The first kappa shape index (κ1) is 13.8. The quantitative estimate of drug-likeness (QED) is 0.726. The third-order valence-electron chi connectivity index (χ3n) is 4.49. The number of nitrogens with zero attached hydrogens (tertiary/aromatic N) is 1. The van der Waals surface area contributed by atoms with Crippen molar-refractivity contribution in [2.45, 2.75) is 57.5 Å². The molecule has 4 nitrogen and oxygen atoms in total. The zero-order valence-electron chi connectivity index (χ0n) is 11.6. The van der Waals surface area contributed by atoms with Gasteiger partial charge in [-0.1, -0.05) is 6.92 Å². The monoisotopic (exact) mass is 254 g/mol. The van der Waals surface area contributed by atoms with Gasteiger partial charge in [-0.15, -0.1) is 0 Å². The maximum atomic E-state index is 11.8. The van der Waals surface area contributed by atoms with E-state index < -0.39 is 11.5 Å². The number of hydrogen-bond donors (Lipinski definition) is 2. The lowest BCUT2D eigenvalue weighted by molar-refractivity contribution is -0.147. The van der Waals surface area contributed by atoms with Gasteiger partial charge in [-0.05, 0) is 58.0 Å². The van der Waals surface area contributed by atoms with Gasteiger partial charge in [-0.2, -0.15) is 0 Å². The number of carboxylic acid groups (broad SMARTS) is 1. The summed E-state index contributed by atoms with van der Waals surface area (Å²) in [6, 6.07) is 0.533. The van der Waals surface area contributed by atoms with Crippen molar-refractivity contribution in [2.24, 2.45) is 5.92 Å². The Kier molecular flexibility index (Phi) is 4.28. The minimum Gasteiger partial charge on any atom is -0.480 e. The van der Waals surface area contributed by atoms with Crippen LogP contribution in [0.25, 0.3) is 0 Å². The van der Waals surface area contributed by atoms with Crippen molar-refractivity contribution in [3.05, 3.63) is 0 Å². The van der Waals surface area contributed by atoms with E-state index in [1.54, 1.807) is 0 Å². The molecule has 2 fully saturated rings. The second-order valence-corrected chi connectivity index (χ2v) is 5.94. The Morgan fingerprint density at radius 2 is 2.17 bits per heavy atom. The fraction of sp³-hybridized carbons (Fsp3) is 0.929. The molecule has 1 saturated carbocycles. The number of hydrogen-bond acceptors (Lipinski definition) is 3. The standard InChI is InChI=1S/C14H26N2O2/c1-3-8-15-14(13(17)18,12-6-7-12)10-16-9-4-5-11(16)2/h11-12,15H,3-10H2,1-2H3,(H,17,18). The van der Waals surface area contributed by atoms with Gasteiger partial charge < -0.3 is 10.4 Å². The zero-order valence-corrected chi connectivity index (χ0v) is 11.6. The van der Waals surface area contributed by atoms with Crippen LogP contribution >= 0.6 is 0 Å². The van der Waals surface area contributed by atoms with Crippen LogP contribution in [0, 0.1) is 5.92 Å². The molecule has 0 bridgehead atoms. The Balaban J connectivity index is 2.09. The molecule has 2 unspecified atom stereocenters. The SMILES string of the molecule is CCCNC(CN1CCCC1C)(C(=O)O)C1CC1. The average molecular weight is 254 g/mol. The highest BCUT2D eigenvalue weighted by Gasteiger charge is 2.52. The van der Waals surface area contributed by atoms with Gasteiger partial charge in [0.25, 0.3) is 0 Å². The summed E-state index contributed by atoms with van der Waals surface area (Å²) >= 11 is 0. The molecule has 0 amide bonds. The van der Waals surface area contributed by atoms with E-state index >= 15 is 0 Å². The van der Waals surface area contributed by atoms with Gasteiger partial charge in [-0.3, -0.25) is 9.69 Å². The van der Waals surface area contributed by atoms with Crippen LogP contribution in [0.3, 0.4) is 0 Å². The molecule has 1 aliphatic heterocycles. The van der Waals surface area contributed by atoms with E-state index in [1.165, 1.54) is 12.8 Å². The largest absolute Gasteiger partial charge is 0.480 e. The molecule has 4 heteroatoms. The summed E-state index contributed by atoms with van der Waals surface area (Å²) in [5.74, 6) is -0.327. The number of aliphatic carboxylic acids is 1. The Morgan fingerprint density at radius 3 is 2.61 bits per heavy atom. The summed E-state index contributed by atoms with van der Waals surface area (Å²) in [5.41, 5.74) is -0.700. The van der Waals surface area contributed by atoms with Gasteiger partial charge >= 0.3 is 5.97 Å². The molecule has 1 saturated heterocycles. The van der Waals surface area contributed by atoms with Gasteiger partial charge in [0, 0.05) is 12.6 Å².